The number of hydrogen-bond acceptors (Lipinski definition) is 3. The van der Waals surface area contributed by atoms with Crippen molar-refractivity contribution < 1.29 is 4.74 Å². The lowest BCUT2D eigenvalue weighted by Gasteiger charge is -2.08. The fraction of sp³-hybridized carbons (Fsp3) is 0. The quantitative estimate of drug-likeness (QED) is 0.745. The van der Waals surface area contributed by atoms with Gasteiger partial charge in [-0.15, -0.1) is 0 Å². The molecule has 0 saturated heterocycles. The van der Waals surface area contributed by atoms with Crippen molar-refractivity contribution in [1.29, 1.82) is 0 Å². The normalized spacial score (nSPS) is 10.0. The molecule has 1 N–H and O–H groups in total. The summed E-state index contributed by atoms with van der Waals surface area (Å²) in [5, 5.41) is 3.30. The van der Waals surface area contributed by atoms with Crippen LogP contribution >= 0.6 is 0 Å². The van der Waals surface area contributed by atoms with Gasteiger partial charge in [-0.25, -0.2) is 0 Å². The Balaban J connectivity index is 1.69. The molecular weight excluding hydrogens is 248 g/mol. The smallest absolute Gasteiger partial charge is 0.127 e. The van der Waals surface area contributed by atoms with Crippen LogP contribution in [0.5, 0.6) is 11.5 Å². The number of anilines is 2. The van der Waals surface area contributed by atoms with Crippen molar-refractivity contribution in [3.63, 3.8) is 0 Å². The molecule has 3 heteroatoms. The number of hydrogen-bond donors (Lipinski definition) is 1. The number of pyridine rings is 1. The van der Waals surface area contributed by atoms with Gasteiger partial charge in [0, 0.05) is 23.8 Å². The molecule has 0 spiro atoms. The van der Waals surface area contributed by atoms with Crippen LogP contribution in [0.3, 0.4) is 0 Å². The lowest BCUT2D eigenvalue weighted by molar-refractivity contribution is 0.483. The predicted octanol–water partition coefficient (Wildman–Crippen LogP) is 4.62. The minimum absolute atomic E-state index is 0.816. The van der Waals surface area contributed by atoms with E-state index in [2.05, 4.69) is 10.3 Å². The summed E-state index contributed by atoms with van der Waals surface area (Å²) in [7, 11) is 0. The number of aromatic nitrogens is 1. The number of benzene rings is 2. The molecule has 0 atom stereocenters. The van der Waals surface area contributed by atoms with Crippen LogP contribution in [0.2, 0.25) is 0 Å². The van der Waals surface area contributed by atoms with Gasteiger partial charge in [0.25, 0.3) is 0 Å². The molecule has 0 fully saturated rings. The van der Waals surface area contributed by atoms with Gasteiger partial charge in [-0.3, -0.25) is 4.98 Å². The van der Waals surface area contributed by atoms with Gasteiger partial charge in [0.2, 0.25) is 0 Å². The molecule has 0 unspecified atom stereocenters. The first-order valence-corrected chi connectivity index (χ1v) is 6.40. The Morgan fingerprint density at radius 3 is 1.95 bits per heavy atom. The number of nitrogens with zero attached hydrogens (tertiary/aromatic N) is 1. The Labute approximate surface area is 117 Å². The van der Waals surface area contributed by atoms with Crippen LogP contribution in [0.15, 0.2) is 79.1 Å². The average molecular weight is 262 g/mol. The van der Waals surface area contributed by atoms with Crippen LogP contribution in [-0.4, -0.2) is 4.98 Å². The largest absolute Gasteiger partial charge is 0.457 e. The van der Waals surface area contributed by atoms with Crippen LogP contribution < -0.4 is 10.1 Å². The third-order valence-corrected chi connectivity index (χ3v) is 2.80. The lowest BCUT2D eigenvalue weighted by Crippen LogP contribution is -1.90. The van der Waals surface area contributed by atoms with Gasteiger partial charge < -0.3 is 10.1 Å². The SMILES string of the molecule is c1ccc(Oc2ccc(Nc3ccncc3)cc2)cc1. The van der Waals surface area contributed by atoms with Gasteiger partial charge in [0.15, 0.2) is 0 Å². The zero-order valence-electron chi connectivity index (χ0n) is 10.9. The first-order chi connectivity index (χ1) is 9.90. The summed E-state index contributed by atoms with van der Waals surface area (Å²) in [6.45, 7) is 0. The molecule has 3 nitrogen and oxygen atoms in total. The zero-order chi connectivity index (χ0) is 13.6. The van der Waals surface area contributed by atoms with Gasteiger partial charge in [0.05, 0.1) is 0 Å². The van der Waals surface area contributed by atoms with Crippen LogP contribution in [-0.2, 0) is 0 Å². The first-order valence-electron chi connectivity index (χ1n) is 6.40. The molecule has 3 aromatic rings. The Morgan fingerprint density at radius 2 is 1.25 bits per heavy atom. The molecule has 2 aromatic carbocycles. The molecule has 98 valence electrons. The minimum Gasteiger partial charge on any atom is -0.457 e. The van der Waals surface area contributed by atoms with E-state index < -0.39 is 0 Å². The van der Waals surface area contributed by atoms with Gasteiger partial charge in [-0.05, 0) is 48.5 Å². The van der Waals surface area contributed by atoms with Crippen molar-refractivity contribution in [2.24, 2.45) is 0 Å². The number of rotatable bonds is 4. The molecule has 0 saturated carbocycles. The second-order valence-electron chi connectivity index (χ2n) is 4.30. The van der Waals surface area contributed by atoms with E-state index in [1.165, 1.54) is 0 Å². The van der Waals surface area contributed by atoms with Crippen molar-refractivity contribution in [2.75, 3.05) is 5.32 Å². The molecule has 3 rings (SSSR count). The van der Waals surface area contributed by atoms with Gasteiger partial charge >= 0.3 is 0 Å². The Hall–Kier alpha value is -2.81. The highest BCUT2D eigenvalue weighted by molar-refractivity contribution is 5.59. The summed E-state index contributed by atoms with van der Waals surface area (Å²) in [4.78, 5) is 3.99. The molecule has 1 heterocycles. The fourth-order valence-corrected chi connectivity index (χ4v) is 1.83. The molecule has 0 aliphatic carbocycles. The molecule has 20 heavy (non-hydrogen) atoms. The van der Waals surface area contributed by atoms with Crippen molar-refractivity contribution in [1.82, 2.24) is 4.98 Å². The molecule has 0 aliphatic heterocycles. The fourth-order valence-electron chi connectivity index (χ4n) is 1.83. The van der Waals surface area contributed by atoms with Gasteiger partial charge in [-0.1, -0.05) is 18.2 Å². The number of ether oxygens (including phenoxy) is 1. The van der Waals surface area contributed by atoms with E-state index in [1.807, 2.05) is 66.7 Å². The van der Waals surface area contributed by atoms with E-state index >= 15 is 0 Å². The molecule has 1 aromatic heterocycles. The van der Waals surface area contributed by atoms with E-state index in [1.54, 1.807) is 12.4 Å². The van der Waals surface area contributed by atoms with E-state index in [0.717, 1.165) is 22.9 Å². The summed E-state index contributed by atoms with van der Waals surface area (Å²) < 4.78 is 5.75. The third kappa shape index (κ3) is 3.14. The molecule has 0 radical (unpaired) electrons. The molecule has 0 amide bonds. The van der Waals surface area contributed by atoms with Crippen molar-refractivity contribution >= 4 is 11.4 Å². The summed E-state index contributed by atoms with van der Waals surface area (Å²) >= 11 is 0. The molecule has 0 bridgehead atoms. The number of para-hydroxylation sites is 1. The number of nitrogens with one attached hydrogen (secondary N) is 1. The second-order valence-corrected chi connectivity index (χ2v) is 4.30. The maximum Gasteiger partial charge on any atom is 0.127 e. The van der Waals surface area contributed by atoms with Gasteiger partial charge in [0.1, 0.15) is 11.5 Å². The first kappa shape index (κ1) is 12.2. The molecule has 0 aliphatic rings. The van der Waals surface area contributed by atoms with Crippen LogP contribution in [0.1, 0.15) is 0 Å². The average Bonchev–Trinajstić information content (AvgIpc) is 2.51. The highest BCUT2D eigenvalue weighted by Crippen LogP contribution is 2.24. The van der Waals surface area contributed by atoms with Crippen molar-refractivity contribution in [2.45, 2.75) is 0 Å². The van der Waals surface area contributed by atoms with E-state index in [4.69, 9.17) is 4.74 Å². The standard InChI is InChI=1S/C17H14N2O/c1-2-4-16(5-3-1)20-17-8-6-14(7-9-17)19-15-10-12-18-13-11-15/h1-13H,(H,18,19). The van der Waals surface area contributed by atoms with E-state index in [9.17, 15) is 0 Å². The van der Waals surface area contributed by atoms with E-state index in [0.29, 0.717) is 0 Å². The minimum atomic E-state index is 0.816. The maximum absolute atomic E-state index is 5.75. The van der Waals surface area contributed by atoms with Crippen LogP contribution in [0, 0.1) is 0 Å². The van der Waals surface area contributed by atoms with Crippen LogP contribution in [0.4, 0.5) is 11.4 Å². The monoisotopic (exact) mass is 262 g/mol. The predicted molar refractivity (Wildman–Crippen MR) is 80.5 cm³/mol. The Bertz CT molecular complexity index is 591. The zero-order valence-corrected chi connectivity index (χ0v) is 10.9. The molecular formula is C17H14N2O. The maximum atomic E-state index is 5.75. The summed E-state index contributed by atoms with van der Waals surface area (Å²) in [6.07, 6.45) is 3.52. The highest BCUT2D eigenvalue weighted by atomic mass is 16.5. The van der Waals surface area contributed by atoms with Crippen molar-refractivity contribution in [3.05, 3.63) is 79.1 Å². The lowest BCUT2D eigenvalue weighted by atomic mass is 10.3. The topological polar surface area (TPSA) is 34.1 Å². The third-order valence-electron chi connectivity index (χ3n) is 2.80. The van der Waals surface area contributed by atoms with Gasteiger partial charge in [-0.2, -0.15) is 0 Å². The van der Waals surface area contributed by atoms with Crippen molar-refractivity contribution in [3.8, 4) is 11.5 Å². The van der Waals surface area contributed by atoms with Crippen LogP contribution in [0.25, 0.3) is 0 Å². The summed E-state index contributed by atoms with van der Waals surface area (Å²) in [5.74, 6) is 1.65. The summed E-state index contributed by atoms with van der Waals surface area (Å²) in [5.41, 5.74) is 2.02. The van der Waals surface area contributed by atoms with E-state index in [-0.39, 0.29) is 0 Å². The highest BCUT2D eigenvalue weighted by Gasteiger charge is 1.98. The summed E-state index contributed by atoms with van der Waals surface area (Å²) in [6, 6.07) is 21.4. The Kier molecular flexibility index (Phi) is 3.60. The second kappa shape index (κ2) is 5.89. The Morgan fingerprint density at radius 1 is 0.650 bits per heavy atom.